The van der Waals surface area contributed by atoms with E-state index >= 15 is 0 Å². The van der Waals surface area contributed by atoms with Gasteiger partial charge in [0.25, 0.3) is 0 Å². The molecule has 0 aromatic carbocycles. The molecule has 5 aliphatic rings. The van der Waals surface area contributed by atoms with Crippen molar-refractivity contribution in [1.82, 2.24) is 20.9 Å². The van der Waals surface area contributed by atoms with Crippen molar-refractivity contribution in [3.63, 3.8) is 0 Å². The molecule has 2 bridgehead atoms. The highest BCUT2D eigenvalue weighted by molar-refractivity contribution is 8.00. The Hall–Kier alpha value is -2.15. The Kier molecular flexibility index (Phi) is 9.24. The van der Waals surface area contributed by atoms with Crippen molar-refractivity contribution in [2.75, 3.05) is 45.3 Å². The van der Waals surface area contributed by atoms with Crippen LogP contribution in [-0.2, 0) is 28.6 Å². The van der Waals surface area contributed by atoms with Crippen molar-refractivity contribution in [2.24, 2.45) is 11.8 Å². The Morgan fingerprint density at radius 1 is 0.974 bits per heavy atom. The number of likely N-dealkylation sites (tertiary alicyclic amines) is 1. The molecule has 11 nitrogen and oxygen atoms in total. The SMILES string of the molecule is O=C(CCCCC1SCC2NC(=O)NC21)NCCCOCCCOCCN1C(=O)C2C3C=CC(O3)[C@@H]2C1=O. The van der Waals surface area contributed by atoms with Crippen LogP contribution in [0.5, 0.6) is 0 Å². The summed E-state index contributed by atoms with van der Waals surface area (Å²) in [5.74, 6) is 0.0244. The summed E-state index contributed by atoms with van der Waals surface area (Å²) in [6, 6.07) is 0.413. The second-order valence-electron chi connectivity index (χ2n) is 10.5. The third kappa shape index (κ3) is 6.19. The lowest BCUT2D eigenvalue weighted by molar-refractivity contribution is -0.143. The van der Waals surface area contributed by atoms with Crippen LogP contribution in [0.1, 0.15) is 38.5 Å². The van der Waals surface area contributed by atoms with Crippen LogP contribution in [0.4, 0.5) is 4.79 Å². The zero-order valence-electron chi connectivity index (χ0n) is 21.6. The van der Waals surface area contributed by atoms with E-state index in [0.29, 0.717) is 44.6 Å². The minimum atomic E-state index is -0.360. The number of amides is 5. The van der Waals surface area contributed by atoms with Gasteiger partial charge >= 0.3 is 6.03 Å². The minimum absolute atomic E-state index is 0.0602. The van der Waals surface area contributed by atoms with Gasteiger partial charge in [-0.05, 0) is 25.7 Å². The fraction of sp³-hybridized carbons (Fsp3) is 0.769. The highest BCUT2D eigenvalue weighted by Gasteiger charge is 2.60. The third-order valence-corrected chi connectivity index (χ3v) is 9.42. The predicted molar refractivity (Wildman–Crippen MR) is 139 cm³/mol. The van der Waals surface area contributed by atoms with E-state index in [2.05, 4.69) is 16.0 Å². The first kappa shape index (κ1) is 27.4. The Labute approximate surface area is 227 Å². The molecular formula is C26H38N4O7S. The molecule has 12 heteroatoms. The number of carbonyl (C=O) groups is 4. The summed E-state index contributed by atoms with van der Waals surface area (Å²) in [6.45, 7) is 2.82. The van der Waals surface area contributed by atoms with Crippen LogP contribution in [0.25, 0.3) is 0 Å². The second kappa shape index (κ2) is 12.8. The average Bonchev–Trinajstić information content (AvgIpc) is 3.71. The van der Waals surface area contributed by atoms with Crippen LogP contribution in [-0.4, -0.2) is 103 Å². The molecule has 6 unspecified atom stereocenters. The van der Waals surface area contributed by atoms with Crippen LogP contribution >= 0.6 is 11.8 Å². The standard InChI is InChI=1S/C26H38N4O7S/c31-20(6-2-1-5-19-23-16(15-38-19)28-26(34)29-23)27-9-3-11-35-12-4-13-36-14-10-30-24(32)21-17-7-8-18(37-17)22(21)25(30)33/h7-8,16-19,21-23H,1-6,9-15H2,(H,27,31)(H2,28,29,34)/t16?,17?,18?,19?,21-,22?,23?/m0/s1. The Balaban J connectivity index is 0.805. The molecule has 0 aromatic heterocycles. The maximum Gasteiger partial charge on any atom is 0.315 e. The number of urea groups is 1. The molecule has 38 heavy (non-hydrogen) atoms. The van der Waals surface area contributed by atoms with Crippen LogP contribution in [0, 0.1) is 11.8 Å². The molecule has 3 N–H and O–H groups in total. The van der Waals surface area contributed by atoms with Gasteiger partial charge in [-0.3, -0.25) is 19.3 Å². The number of ether oxygens (including phenoxy) is 3. The third-order valence-electron chi connectivity index (χ3n) is 7.91. The largest absolute Gasteiger partial charge is 0.381 e. The number of unbranched alkanes of at least 4 members (excludes halogenated alkanes) is 1. The van der Waals surface area contributed by atoms with Gasteiger partial charge in [0.05, 0.1) is 49.3 Å². The van der Waals surface area contributed by atoms with Crippen molar-refractivity contribution < 1.29 is 33.4 Å². The van der Waals surface area contributed by atoms with Crippen molar-refractivity contribution >= 4 is 35.5 Å². The number of carbonyl (C=O) groups excluding carboxylic acids is 4. The summed E-state index contributed by atoms with van der Waals surface area (Å²) < 4.78 is 16.8. The highest BCUT2D eigenvalue weighted by atomic mass is 32.2. The van der Waals surface area contributed by atoms with Gasteiger partial charge in [0.1, 0.15) is 0 Å². The van der Waals surface area contributed by atoms with E-state index < -0.39 is 0 Å². The lowest BCUT2D eigenvalue weighted by Crippen LogP contribution is -2.37. The zero-order chi connectivity index (χ0) is 26.5. The van der Waals surface area contributed by atoms with E-state index in [1.165, 1.54) is 4.90 Å². The first-order valence-corrected chi connectivity index (χ1v) is 14.9. The number of hydrogen-bond acceptors (Lipinski definition) is 8. The summed E-state index contributed by atoms with van der Waals surface area (Å²) in [5.41, 5.74) is 0. The Morgan fingerprint density at radius 3 is 2.45 bits per heavy atom. The predicted octanol–water partition coefficient (Wildman–Crippen LogP) is 0.580. The first-order chi connectivity index (χ1) is 18.5. The molecule has 4 fully saturated rings. The van der Waals surface area contributed by atoms with E-state index in [-0.39, 0.29) is 66.4 Å². The van der Waals surface area contributed by atoms with Gasteiger partial charge < -0.3 is 30.2 Å². The van der Waals surface area contributed by atoms with Crippen LogP contribution in [0.3, 0.4) is 0 Å². The van der Waals surface area contributed by atoms with E-state index in [1.54, 1.807) is 0 Å². The molecule has 4 saturated heterocycles. The average molecular weight is 551 g/mol. The monoisotopic (exact) mass is 550 g/mol. The maximum absolute atomic E-state index is 12.6. The molecule has 7 atom stereocenters. The van der Waals surface area contributed by atoms with Gasteiger partial charge in [0.2, 0.25) is 17.7 Å². The fourth-order valence-corrected chi connectivity index (χ4v) is 7.52. The van der Waals surface area contributed by atoms with Crippen molar-refractivity contribution in [3.05, 3.63) is 12.2 Å². The summed E-state index contributed by atoms with van der Waals surface area (Å²) in [6.07, 6.45) is 8.11. The van der Waals surface area contributed by atoms with Crippen LogP contribution in [0.2, 0.25) is 0 Å². The normalized spacial score (nSPS) is 32.6. The summed E-state index contributed by atoms with van der Waals surface area (Å²) in [4.78, 5) is 49.9. The van der Waals surface area contributed by atoms with Crippen molar-refractivity contribution in [1.29, 1.82) is 0 Å². The van der Waals surface area contributed by atoms with E-state index in [1.807, 2.05) is 23.9 Å². The molecule has 5 heterocycles. The quantitative estimate of drug-likeness (QED) is 0.110. The number of fused-ring (bicyclic) bond motifs is 6. The molecule has 5 rings (SSSR count). The lowest BCUT2D eigenvalue weighted by atomic mass is 9.85. The molecule has 5 aliphatic heterocycles. The number of nitrogens with one attached hydrogen (secondary N) is 3. The van der Waals surface area contributed by atoms with E-state index in [4.69, 9.17) is 14.2 Å². The van der Waals surface area contributed by atoms with Gasteiger partial charge in [-0.1, -0.05) is 18.6 Å². The van der Waals surface area contributed by atoms with Gasteiger partial charge in [0.15, 0.2) is 0 Å². The Bertz CT molecular complexity index is 903. The van der Waals surface area contributed by atoms with Crippen LogP contribution < -0.4 is 16.0 Å². The number of rotatable bonds is 16. The molecule has 0 aliphatic carbocycles. The second-order valence-corrected chi connectivity index (χ2v) is 11.8. The molecule has 0 aromatic rings. The van der Waals surface area contributed by atoms with Gasteiger partial charge in [-0.15, -0.1) is 0 Å². The van der Waals surface area contributed by atoms with Crippen molar-refractivity contribution in [3.8, 4) is 0 Å². The molecule has 5 amide bonds. The summed E-state index contributed by atoms with van der Waals surface area (Å²) in [5, 5.41) is 9.33. The number of nitrogens with zero attached hydrogens (tertiary/aromatic N) is 1. The zero-order valence-corrected chi connectivity index (χ0v) is 22.4. The van der Waals surface area contributed by atoms with Gasteiger partial charge in [-0.25, -0.2) is 4.79 Å². The number of thioether (sulfide) groups is 1. The lowest BCUT2D eigenvalue weighted by Gasteiger charge is -2.17. The molecule has 210 valence electrons. The molecule has 0 spiro atoms. The first-order valence-electron chi connectivity index (χ1n) is 13.8. The minimum Gasteiger partial charge on any atom is -0.381 e. The summed E-state index contributed by atoms with van der Waals surface area (Å²) in [7, 11) is 0. The number of hydrogen-bond donors (Lipinski definition) is 3. The fourth-order valence-electron chi connectivity index (χ4n) is 5.97. The maximum atomic E-state index is 12.6. The van der Waals surface area contributed by atoms with Gasteiger partial charge in [0, 0.05) is 43.8 Å². The molecule has 0 saturated carbocycles. The Morgan fingerprint density at radius 2 is 1.68 bits per heavy atom. The number of imide groups is 1. The van der Waals surface area contributed by atoms with E-state index in [9.17, 15) is 19.2 Å². The smallest absolute Gasteiger partial charge is 0.315 e. The molecular weight excluding hydrogens is 512 g/mol. The topological polar surface area (TPSA) is 135 Å². The highest BCUT2D eigenvalue weighted by Crippen LogP contribution is 2.44. The van der Waals surface area contributed by atoms with Gasteiger partial charge in [-0.2, -0.15) is 11.8 Å². The molecule has 0 radical (unpaired) electrons. The summed E-state index contributed by atoms with van der Waals surface area (Å²) >= 11 is 1.90. The van der Waals surface area contributed by atoms with Crippen molar-refractivity contribution in [2.45, 2.75) is 68.1 Å². The van der Waals surface area contributed by atoms with Crippen LogP contribution in [0.15, 0.2) is 12.2 Å². The van der Waals surface area contributed by atoms with E-state index in [0.717, 1.165) is 37.9 Å².